The molecular formula is C14H23NO4S. The van der Waals surface area contributed by atoms with E-state index in [1.54, 1.807) is 6.07 Å². The molecule has 1 aromatic rings. The van der Waals surface area contributed by atoms with E-state index in [-0.39, 0.29) is 23.0 Å². The predicted octanol–water partition coefficient (Wildman–Crippen LogP) is 2.11. The van der Waals surface area contributed by atoms with Crippen LogP contribution in [0, 0.1) is 5.92 Å². The molecule has 0 fully saturated rings. The Bertz CT molecular complexity index is 526. The second kappa shape index (κ2) is 7.50. The molecule has 0 aliphatic rings. The largest absolute Gasteiger partial charge is 0.495 e. The molecule has 114 valence electrons. The van der Waals surface area contributed by atoms with Crippen molar-refractivity contribution in [3.63, 3.8) is 0 Å². The van der Waals surface area contributed by atoms with Crippen molar-refractivity contribution < 1.29 is 17.9 Å². The average molecular weight is 301 g/mol. The average Bonchev–Trinajstić information content (AvgIpc) is 2.37. The van der Waals surface area contributed by atoms with Crippen molar-refractivity contribution in [2.24, 2.45) is 5.92 Å². The number of nitrogens with two attached hydrogens (primary N) is 1. The molecule has 0 unspecified atom stereocenters. The summed E-state index contributed by atoms with van der Waals surface area (Å²) in [6, 6.07) is 4.53. The summed E-state index contributed by atoms with van der Waals surface area (Å²) in [5, 5.41) is 0. The number of benzene rings is 1. The van der Waals surface area contributed by atoms with E-state index in [4.69, 9.17) is 15.2 Å². The molecule has 5 nitrogen and oxygen atoms in total. The van der Waals surface area contributed by atoms with E-state index < -0.39 is 9.84 Å². The zero-order chi connectivity index (χ0) is 15.2. The van der Waals surface area contributed by atoms with Crippen molar-refractivity contribution >= 4 is 15.5 Å². The summed E-state index contributed by atoms with van der Waals surface area (Å²) >= 11 is 0. The summed E-state index contributed by atoms with van der Waals surface area (Å²) in [4.78, 5) is 0.154. The van der Waals surface area contributed by atoms with Crippen molar-refractivity contribution in [3.05, 3.63) is 18.2 Å². The van der Waals surface area contributed by atoms with E-state index in [9.17, 15) is 8.42 Å². The standard InChI is InChI=1S/C14H23NO4S/c1-11(2)6-7-19-8-9-20(16,17)14-5-4-12(15)10-13(14)18-3/h4-5,10-11H,6-9,15H2,1-3H3. The first-order valence-corrected chi connectivity index (χ1v) is 8.26. The molecule has 2 N–H and O–H groups in total. The van der Waals surface area contributed by atoms with Crippen molar-refractivity contribution in [3.8, 4) is 5.75 Å². The Balaban J connectivity index is 2.65. The van der Waals surface area contributed by atoms with E-state index in [0.29, 0.717) is 18.2 Å². The molecule has 20 heavy (non-hydrogen) atoms. The fourth-order valence-electron chi connectivity index (χ4n) is 1.64. The van der Waals surface area contributed by atoms with Crippen LogP contribution in [0.25, 0.3) is 0 Å². The van der Waals surface area contributed by atoms with Crippen LogP contribution in [0.1, 0.15) is 20.3 Å². The van der Waals surface area contributed by atoms with Crippen LogP contribution in [0.5, 0.6) is 5.75 Å². The molecular weight excluding hydrogens is 278 g/mol. The lowest BCUT2D eigenvalue weighted by molar-refractivity contribution is 0.137. The van der Waals surface area contributed by atoms with Gasteiger partial charge in [-0.15, -0.1) is 0 Å². The van der Waals surface area contributed by atoms with Gasteiger partial charge in [0.2, 0.25) is 0 Å². The van der Waals surface area contributed by atoms with Crippen LogP contribution in [0.4, 0.5) is 5.69 Å². The number of sulfone groups is 1. The molecule has 1 aromatic carbocycles. The molecule has 0 radical (unpaired) electrons. The highest BCUT2D eigenvalue weighted by Gasteiger charge is 2.19. The van der Waals surface area contributed by atoms with Crippen molar-refractivity contribution in [2.45, 2.75) is 25.2 Å². The first kappa shape index (κ1) is 16.8. The minimum atomic E-state index is -3.43. The number of methoxy groups -OCH3 is 1. The third-order valence-electron chi connectivity index (χ3n) is 2.86. The minimum absolute atomic E-state index is 0.0641. The number of nitrogen functional groups attached to an aromatic ring is 1. The van der Waals surface area contributed by atoms with Crippen molar-refractivity contribution in [1.82, 2.24) is 0 Å². The Kier molecular flexibility index (Phi) is 6.29. The van der Waals surface area contributed by atoms with Gasteiger partial charge in [-0.1, -0.05) is 13.8 Å². The van der Waals surface area contributed by atoms with Gasteiger partial charge in [-0.2, -0.15) is 0 Å². The second-order valence-corrected chi connectivity index (χ2v) is 7.10. The molecule has 0 saturated heterocycles. The lowest BCUT2D eigenvalue weighted by atomic mass is 10.1. The first-order chi connectivity index (χ1) is 9.36. The maximum absolute atomic E-state index is 12.2. The van der Waals surface area contributed by atoms with Crippen LogP contribution in [-0.4, -0.2) is 34.5 Å². The smallest absolute Gasteiger partial charge is 0.184 e. The summed E-state index contributed by atoms with van der Waals surface area (Å²) in [6.45, 7) is 4.95. The van der Waals surface area contributed by atoms with Crippen LogP contribution in [0.3, 0.4) is 0 Å². The molecule has 6 heteroatoms. The van der Waals surface area contributed by atoms with Gasteiger partial charge >= 0.3 is 0 Å². The van der Waals surface area contributed by atoms with Gasteiger partial charge in [0.25, 0.3) is 0 Å². The summed E-state index contributed by atoms with van der Waals surface area (Å²) in [6.07, 6.45) is 0.922. The first-order valence-electron chi connectivity index (χ1n) is 6.61. The normalized spacial score (nSPS) is 11.8. The Morgan fingerprint density at radius 1 is 1.25 bits per heavy atom. The number of ether oxygens (including phenoxy) is 2. The van der Waals surface area contributed by atoms with E-state index >= 15 is 0 Å². The Morgan fingerprint density at radius 3 is 2.55 bits per heavy atom. The van der Waals surface area contributed by atoms with Gasteiger partial charge < -0.3 is 15.2 Å². The van der Waals surface area contributed by atoms with E-state index in [1.165, 1.54) is 19.2 Å². The summed E-state index contributed by atoms with van der Waals surface area (Å²) in [5.41, 5.74) is 6.08. The molecule has 0 spiro atoms. The fraction of sp³-hybridized carbons (Fsp3) is 0.571. The van der Waals surface area contributed by atoms with E-state index in [1.807, 2.05) is 0 Å². The highest BCUT2D eigenvalue weighted by atomic mass is 32.2. The quantitative estimate of drug-likeness (QED) is 0.587. The van der Waals surface area contributed by atoms with Crippen molar-refractivity contribution in [2.75, 3.05) is 31.8 Å². The van der Waals surface area contributed by atoms with Crippen LogP contribution in [0.2, 0.25) is 0 Å². The Labute approximate surface area is 121 Å². The fourth-order valence-corrected chi connectivity index (χ4v) is 2.92. The molecule has 1 rings (SSSR count). The lowest BCUT2D eigenvalue weighted by Gasteiger charge is -2.11. The Morgan fingerprint density at radius 2 is 1.95 bits per heavy atom. The highest BCUT2D eigenvalue weighted by Crippen LogP contribution is 2.26. The Hall–Kier alpha value is -1.27. The van der Waals surface area contributed by atoms with Gasteiger partial charge in [0.1, 0.15) is 10.6 Å². The van der Waals surface area contributed by atoms with Crippen LogP contribution in [0.15, 0.2) is 23.1 Å². The van der Waals surface area contributed by atoms with Crippen LogP contribution < -0.4 is 10.5 Å². The molecule has 0 aromatic heterocycles. The third kappa shape index (κ3) is 5.02. The number of hydrogen-bond acceptors (Lipinski definition) is 5. The maximum atomic E-state index is 12.2. The summed E-state index contributed by atoms with van der Waals surface area (Å²) in [5.74, 6) is 0.752. The molecule has 0 bridgehead atoms. The van der Waals surface area contributed by atoms with Crippen LogP contribution in [-0.2, 0) is 14.6 Å². The van der Waals surface area contributed by atoms with Gasteiger partial charge in [-0.3, -0.25) is 0 Å². The van der Waals surface area contributed by atoms with Gasteiger partial charge in [-0.25, -0.2) is 8.42 Å². The minimum Gasteiger partial charge on any atom is -0.495 e. The molecule has 0 aliphatic heterocycles. The maximum Gasteiger partial charge on any atom is 0.184 e. The van der Waals surface area contributed by atoms with E-state index in [0.717, 1.165) is 6.42 Å². The topological polar surface area (TPSA) is 78.6 Å². The second-order valence-electron chi connectivity index (χ2n) is 5.02. The molecule has 0 heterocycles. The molecule has 0 aliphatic carbocycles. The zero-order valence-electron chi connectivity index (χ0n) is 12.3. The molecule has 0 saturated carbocycles. The van der Waals surface area contributed by atoms with E-state index in [2.05, 4.69) is 13.8 Å². The van der Waals surface area contributed by atoms with Gasteiger partial charge in [-0.05, 0) is 24.5 Å². The number of anilines is 1. The third-order valence-corrected chi connectivity index (χ3v) is 4.57. The summed E-state index contributed by atoms with van der Waals surface area (Å²) < 4.78 is 34.9. The molecule has 0 amide bonds. The highest BCUT2D eigenvalue weighted by molar-refractivity contribution is 7.91. The van der Waals surface area contributed by atoms with Gasteiger partial charge in [0.15, 0.2) is 9.84 Å². The number of rotatable bonds is 8. The summed E-state index contributed by atoms with van der Waals surface area (Å²) in [7, 11) is -2.00. The number of hydrogen-bond donors (Lipinski definition) is 1. The molecule has 0 atom stereocenters. The predicted molar refractivity (Wildman–Crippen MR) is 79.7 cm³/mol. The van der Waals surface area contributed by atoms with Crippen LogP contribution >= 0.6 is 0 Å². The SMILES string of the molecule is COc1cc(N)ccc1S(=O)(=O)CCOCCC(C)C. The lowest BCUT2D eigenvalue weighted by Crippen LogP contribution is -2.14. The van der Waals surface area contributed by atoms with Gasteiger partial charge in [0, 0.05) is 18.4 Å². The monoisotopic (exact) mass is 301 g/mol. The van der Waals surface area contributed by atoms with Gasteiger partial charge in [0.05, 0.1) is 19.5 Å². The zero-order valence-corrected chi connectivity index (χ0v) is 13.1. The van der Waals surface area contributed by atoms with Crippen molar-refractivity contribution in [1.29, 1.82) is 0 Å².